The van der Waals surface area contributed by atoms with E-state index in [-0.39, 0.29) is 18.4 Å². The Kier molecular flexibility index (Phi) is 5.05. The molecule has 28 heavy (non-hydrogen) atoms. The van der Waals surface area contributed by atoms with E-state index in [0.717, 1.165) is 24.2 Å². The number of carbonyl (C=O) groups excluding carboxylic acids is 2. The molecule has 1 saturated heterocycles. The molecule has 0 atom stereocenters. The number of piperazine rings is 1. The molecule has 2 aromatic rings. The Morgan fingerprint density at radius 2 is 1.50 bits per heavy atom. The summed E-state index contributed by atoms with van der Waals surface area (Å²) >= 11 is 0. The zero-order valence-corrected chi connectivity index (χ0v) is 16.3. The minimum atomic E-state index is -0.466. The SMILES string of the molecule is CN1CCN(C(=O)CN(C)C(=O)C2c3ccccc3Oc3ccccc32)CC1. The first-order chi connectivity index (χ1) is 13.5. The van der Waals surface area contributed by atoms with Crippen LogP contribution in [-0.2, 0) is 9.59 Å². The smallest absolute Gasteiger partial charge is 0.242 e. The van der Waals surface area contributed by atoms with Crippen LogP contribution in [0.4, 0.5) is 0 Å². The number of likely N-dealkylation sites (N-methyl/N-ethyl adjacent to an activating group) is 2. The first-order valence-electron chi connectivity index (χ1n) is 9.61. The lowest BCUT2D eigenvalue weighted by atomic mass is 9.87. The standard InChI is InChI=1S/C22H25N3O3/c1-23-11-13-25(14-12-23)20(26)15-24(2)22(27)21-16-7-3-5-9-18(16)28-19-10-6-4-8-17(19)21/h3-10,21H,11-15H2,1-2H3. The normalized spacial score (nSPS) is 16.7. The summed E-state index contributed by atoms with van der Waals surface area (Å²) in [5.41, 5.74) is 1.68. The van der Waals surface area contributed by atoms with Gasteiger partial charge < -0.3 is 19.4 Å². The van der Waals surface area contributed by atoms with Crippen LogP contribution in [0, 0.1) is 0 Å². The molecule has 0 unspecified atom stereocenters. The molecular formula is C22H25N3O3. The van der Waals surface area contributed by atoms with Crippen molar-refractivity contribution in [3.05, 3.63) is 59.7 Å². The Labute approximate surface area is 165 Å². The van der Waals surface area contributed by atoms with E-state index in [9.17, 15) is 9.59 Å². The summed E-state index contributed by atoms with van der Waals surface area (Å²) in [4.78, 5) is 31.7. The summed E-state index contributed by atoms with van der Waals surface area (Å²) in [5.74, 6) is 0.825. The van der Waals surface area contributed by atoms with E-state index < -0.39 is 5.92 Å². The molecule has 0 N–H and O–H groups in total. The molecule has 4 rings (SSSR count). The summed E-state index contributed by atoms with van der Waals surface area (Å²) in [6.45, 7) is 3.24. The maximum absolute atomic E-state index is 13.4. The molecule has 2 heterocycles. The number of carbonyl (C=O) groups is 2. The molecule has 0 saturated carbocycles. The van der Waals surface area contributed by atoms with E-state index in [0.29, 0.717) is 24.6 Å². The molecule has 0 spiro atoms. The van der Waals surface area contributed by atoms with Gasteiger partial charge in [-0.3, -0.25) is 9.59 Å². The van der Waals surface area contributed by atoms with Crippen molar-refractivity contribution in [1.29, 1.82) is 0 Å². The van der Waals surface area contributed by atoms with Crippen LogP contribution in [0.3, 0.4) is 0 Å². The van der Waals surface area contributed by atoms with Crippen LogP contribution in [0.15, 0.2) is 48.5 Å². The first-order valence-corrected chi connectivity index (χ1v) is 9.61. The Hall–Kier alpha value is -2.86. The molecular weight excluding hydrogens is 354 g/mol. The van der Waals surface area contributed by atoms with Crippen molar-refractivity contribution < 1.29 is 14.3 Å². The third-order valence-corrected chi connectivity index (χ3v) is 5.53. The van der Waals surface area contributed by atoms with Gasteiger partial charge in [-0.05, 0) is 19.2 Å². The molecule has 0 radical (unpaired) electrons. The summed E-state index contributed by atoms with van der Waals surface area (Å²) in [5, 5.41) is 0. The number of hydrogen-bond acceptors (Lipinski definition) is 4. The van der Waals surface area contributed by atoms with Gasteiger partial charge in [-0.25, -0.2) is 0 Å². The van der Waals surface area contributed by atoms with Gasteiger partial charge in [0.05, 0.1) is 12.5 Å². The minimum absolute atomic E-state index is 0.00224. The zero-order chi connectivity index (χ0) is 19.7. The predicted molar refractivity (Wildman–Crippen MR) is 107 cm³/mol. The Morgan fingerprint density at radius 3 is 2.07 bits per heavy atom. The van der Waals surface area contributed by atoms with Crippen molar-refractivity contribution in [2.45, 2.75) is 5.92 Å². The highest BCUT2D eigenvalue weighted by Crippen LogP contribution is 2.44. The molecule has 2 aliphatic rings. The maximum Gasteiger partial charge on any atom is 0.242 e. The van der Waals surface area contributed by atoms with E-state index in [2.05, 4.69) is 11.9 Å². The van der Waals surface area contributed by atoms with Crippen LogP contribution >= 0.6 is 0 Å². The third-order valence-electron chi connectivity index (χ3n) is 5.53. The number of fused-ring (bicyclic) bond motifs is 2. The van der Waals surface area contributed by atoms with Gasteiger partial charge in [0.15, 0.2) is 0 Å². The number of ether oxygens (including phenoxy) is 1. The van der Waals surface area contributed by atoms with Crippen LogP contribution in [0.2, 0.25) is 0 Å². The number of benzene rings is 2. The van der Waals surface area contributed by atoms with Crippen molar-refractivity contribution in [3.63, 3.8) is 0 Å². The van der Waals surface area contributed by atoms with Gasteiger partial charge in [-0.1, -0.05) is 36.4 Å². The molecule has 2 aromatic carbocycles. The average molecular weight is 379 g/mol. The van der Waals surface area contributed by atoms with Crippen LogP contribution < -0.4 is 4.74 Å². The second-order valence-electron chi connectivity index (χ2n) is 7.49. The van der Waals surface area contributed by atoms with Crippen molar-refractivity contribution in [2.24, 2.45) is 0 Å². The Bertz CT molecular complexity index is 845. The van der Waals surface area contributed by atoms with E-state index in [1.807, 2.05) is 53.4 Å². The quantitative estimate of drug-likeness (QED) is 0.820. The molecule has 2 amide bonds. The lowest BCUT2D eigenvalue weighted by Crippen LogP contribution is -2.50. The van der Waals surface area contributed by atoms with Gasteiger partial charge in [0.2, 0.25) is 11.8 Å². The van der Waals surface area contributed by atoms with Gasteiger partial charge >= 0.3 is 0 Å². The highest BCUT2D eigenvalue weighted by molar-refractivity contribution is 5.92. The maximum atomic E-state index is 13.4. The highest BCUT2D eigenvalue weighted by Gasteiger charge is 2.35. The summed E-state index contributed by atoms with van der Waals surface area (Å²) in [7, 11) is 3.76. The second-order valence-corrected chi connectivity index (χ2v) is 7.49. The van der Waals surface area contributed by atoms with Gasteiger partial charge in [0, 0.05) is 44.4 Å². The second kappa shape index (κ2) is 7.64. The monoisotopic (exact) mass is 379 g/mol. The van der Waals surface area contributed by atoms with Crippen molar-refractivity contribution in [3.8, 4) is 11.5 Å². The first kappa shape index (κ1) is 18.5. The Balaban J connectivity index is 1.55. The van der Waals surface area contributed by atoms with Gasteiger partial charge in [-0.2, -0.15) is 0 Å². The molecule has 146 valence electrons. The number of nitrogens with zero attached hydrogens (tertiary/aromatic N) is 3. The largest absolute Gasteiger partial charge is 0.457 e. The summed E-state index contributed by atoms with van der Waals surface area (Å²) in [6.07, 6.45) is 0. The molecule has 6 nitrogen and oxygen atoms in total. The topological polar surface area (TPSA) is 53.1 Å². The number of rotatable bonds is 3. The van der Waals surface area contributed by atoms with E-state index >= 15 is 0 Å². The molecule has 0 aliphatic carbocycles. The van der Waals surface area contributed by atoms with E-state index in [1.54, 1.807) is 11.9 Å². The van der Waals surface area contributed by atoms with Gasteiger partial charge in [-0.15, -0.1) is 0 Å². The molecule has 0 aromatic heterocycles. The molecule has 0 bridgehead atoms. The van der Waals surface area contributed by atoms with Crippen molar-refractivity contribution in [2.75, 3.05) is 46.8 Å². The highest BCUT2D eigenvalue weighted by atomic mass is 16.5. The van der Waals surface area contributed by atoms with Crippen LogP contribution in [0.1, 0.15) is 17.0 Å². The third kappa shape index (κ3) is 3.47. The lowest BCUT2D eigenvalue weighted by molar-refractivity contribution is -0.140. The predicted octanol–water partition coefficient (Wildman–Crippen LogP) is 2.16. The fourth-order valence-electron chi connectivity index (χ4n) is 3.83. The van der Waals surface area contributed by atoms with Crippen LogP contribution in [0.5, 0.6) is 11.5 Å². The molecule has 6 heteroatoms. The van der Waals surface area contributed by atoms with Crippen LogP contribution in [-0.4, -0.2) is 73.3 Å². The van der Waals surface area contributed by atoms with Crippen molar-refractivity contribution in [1.82, 2.24) is 14.7 Å². The summed E-state index contributed by atoms with van der Waals surface area (Å²) in [6, 6.07) is 15.2. The fourth-order valence-corrected chi connectivity index (χ4v) is 3.83. The van der Waals surface area contributed by atoms with Gasteiger partial charge in [0.1, 0.15) is 11.5 Å². The molecule has 2 aliphatic heterocycles. The lowest BCUT2D eigenvalue weighted by Gasteiger charge is -2.34. The molecule has 1 fully saturated rings. The van der Waals surface area contributed by atoms with Crippen molar-refractivity contribution >= 4 is 11.8 Å². The van der Waals surface area contributed by atoms with Gasteiger partial charge in [0.25, 0.3) is 0 Å². The fraction of sp³-hybridized carbons (Fsp3) is 0.364. The average Bonchev–Trinajstić information content (AvgIpc) is 2.71. The number of amides is 2. The number of hydrogen-bond donors (Lipinski definition) is 0. The van der Waals surface area contributed by atoms with Crippen LogP contribution in [0.25, 0.3) is 0 Å². The summed E-state index contributed by atoms with van der Waals surface area (Å²) < 4.78 is 5.97. The Morgan fingerprint density at radius 1 is 0.964 bits per heavy atom. The zero-order valence-electron chi connectivity index (χ0n) is 16.3. The number of para-hydroxylation sites is 2. The van der Waals surface area contributed by atoms with E-state index in [1.165, 1.54) is 0 Å². The van der Waals surface area contributed by atoms with E-state index in [4.69, 9.17) is 4.74 Å². The minimum Gasteiger partial charge on any atom is -0.457 e.